The van der Waals surface area contributed by atoms with E-state index < -0.39 is 10.0 Å². The molecule has 14 heavy (non-hydrogen) atoms. The molecule has 0 bridgehead atoms. The highest BCUT2D eigenvalue weighted by molar-refractivity contribution is 7.88. The van der Waals surface area contributed by atoms with Gasteiger partial charge in [0.15, 0.2) is 5.82 Å². The summed E-state index contributed by atoms with van der Waals surface area (Å²) in [5.41, 5.74) is 0. The maximum atomic E-state index is 11.0. The van der Waals surface area contributed by atoms with Gasteiger partial charge in [0.2, 0.25) is 10.0 Å². The second kappa shape index (κ2) is 3.14. The Kier molecular flexibility index (Phi) is 2.08. The van der Waals surface area contributed by atoms with Crippen LogP contribution in [0.15, 0.2) is 11.4 Å². The van der Waals surface area contributed by atoms with Crippen molar-refractivity contribution in [3.63, 3.8) is 0 Å². The Morgan fingerprint density at radius 3 is 3.14 bits per heavy atom. The van der Waals surface area contributed by atoms with Crippen LogP contribution in [0.4, 0.5) is 0 Å². The minimum Gasteiger partial charge on any atom is -0.213 e. The maximum absolute atomic E-state index is 11.0. The van der Waals surface area contributed by atoms with Crippen molar-refractivity contribution in [1.29, 1.82) is 0 Å². The van der Waals surface area contributed by atoms with Gasteiger partial charge in [-0.2, -0.15) is 5.10 Å². The third kappa shape index (κ3) is 1.80. The lowest BCUT2D eigenvalue weighted by atomic mass is 10.2. The van der Waals surface area contributed by atoms with Crippen molar-refractivity contribution in [3.05, 3.63) is 12.2 Å². The van der Waals surface area contributed by atoms with Crippen LogP contribution in [0.3, 0.4) is 0 Å². The largest absolute Gasteiger partial charge is 0.213 e. The first-order chi connectivity index (χ1) is 6.56. The van der Waals surface area contributed by atoms with E-state index in [1.807, 2.05) is 0 Å². The second-order valence-electron chi connectivity index (χ2n) is 3.01. The Labute approximate surface area is 80.9 Å². The number of fused-ring (bicyclic) bond motifs is 1. The number of nitrogens with zero attached hydrogens (tertiary/aromatic N) is 4. The van der Waals surface area contributed by atoms with Gasteiger partial charge in [0.05, 0.1) is 12.3 Å². The molecule has 1 atom stereocenters. The van der Waals surface area contributed by atoms with E-state index in [1.165, 1.54) is 11.0 Å². The van der Waals surface area contributed by atoms with Crippen LogP contribution in [-0.2, 0) is 10.0 Å². The molecule has 1 unspecified atom stereocenters. The third-order valence-electron chi connectivity index (χ3n) is 1.77. The summed E-state index contributed by atoms with van der Waals surface area (Å²) in [5, 5.41) is 11.4. The van der Waals surface area contributed by atoms with E-state index in [0.29, 0.717) is 12.2 Å². The summed E-state index contributed by atoms with van der Waals surface area (Å²) < 4.78 is 25.9. The van der Waals surface area contributed by atoms with Crippen molar-refractivity contribution in [2.45, 2.75) is 12.5 Å². The lowest BCUT2D eigenvalue weighted by Crippen LogP contribution is -2.31. The average Bonchev–Trinajstić information content (AvgIpc) is 2.49. The van der Waals surface area contributed by atoms with Gasteiger partial charge in [0, 0.05) is 12.6 Å². The van der Waals surface area contributed by atoms with E-state index in [9.17, 15) is 8.42 Å². The summed E-state index contributed by atoms with van der Waals surface area (Å²) in [6.07, 6.45) is 4.66. The van der Waals surface area contributed by atoms with Gasteiger partial charge in [-0.25, -0.2) is 17.8 Å². The first-order valence-corrected chi connectivity index (χ1v) is 5.85. The number of hydrogen-bond acceptors (Lipinski definition) is 5. The van der Waals surface area contributed by atoms with Gasteiger partial charge in [-0.1, -0.05) is 0 Å². The standard InChI is InChI=1S/C6H9N5O2S/c1-14(12,13)10-5-2-3-8-11-4-7-9-6(5)11/h3-5,10H,2H2,1H3. The molecule has 2 rings (SSSR count). The molecule has 0 aromatic carbocycles. The Hall–Kier alpha value is -1.28. The normalized spacial score (nSPS) is 20.8. The summed E-state index contributed by atoms with van der Waals surface area (Å²) in [4.78, 5) is 0. The number of sulfonamides is 1. The molecular weight excluding hydrogens is 206 g/mol. The van der Waals surface area contributed by atoms with Crippen LogP contribution in [0.25, 0.3) is 0 Å². The zero-order chi connectivity index (χ0) is 10.2. The van der Waals surface area contributed by atoms with Crippen LogP contribution in [0.1, 0.15) is 18.3 Å². The molecule has 7 nitrogen and oxygen atoms in total. The minimum absolute atomic E-state index is 0.370. The van der Waals surface area contributed by atoms with Crippen molar-refractivity contribution < 1.29 is 8.42 Å². The van der Waals surface area contributed by atoms with Gasteiger partial charge in [-0.3, -0.25) is 0 Å². The van der Waals surface area contributed by atoms with Gasteiger partial charge in [-0.05, 0) is 0 Å². The fourth-order valence-corrected chi connectivity index (χ4v) is 1.98. The van der Waals surface area contributed by atoms with Crippen LogP contribution in [0.2, 0.25) is 0 Å². The van der Waals surface area contributed by atoms with Gasteiger partial charge < -0.3 is 0 Å². The summed E-state index contributed by atoms with van der Waals surface area (Å²) in [6, 6.07) is -0.370. The molecule has 1 aromatic heterocycles. The number of aromatic nitrogens is 3. The quantitative estimate of drug-likeness (QED) is 0.692. The van der Waals surface area contributed by atoms with Crippen molar-refractivity contribution >= 4 is 16.2 Å². The maximum Gasteiger partial charge on any atom is 0.209 e. The Morgan fingerprint density at radius 1 is 1.64 bits per heavy atom. The van der Waals surface area contributed by atoms with Crippen molar-refractivity contribution in [2.24, 2.45) is 5.10 Å². The van der Waals surface area contributed by atoms with Gasteiger partial charge in [0.1, 0.15) is 6.33 Å². The van der Waals surface area contributed by atoms with E-state index >= 15 is 0 Å². The van der Waals surface area contributed by atoms with Crippen LogP contribution in [0, 0.1) is 0 Å². The van der Waals surface area contributed by atoms with Crippen molar-refractivity contribution in [1.82, 2.24) is 19.6 Å². The molecule has 76 valence electrons. The molecule has 0 fully saturated rings. The monoisotopic (exact) mass is 215 g/mol. The third-order valence-corrected chi connectivity index (χ3v) is 2.48. The topological polar surface area (TPSA) is 89.2 Å². The van der Waals surface area contributed by atoms with E-state index in [2.05, 4.69) is 20.0 Å². The first kappa shape index (κ1) is 9.28. The average molecular weight is 215 g/mol. The lowest BCUT2D eigenvalue weighted by molar-refractivity contribution is 0.539. The zero-order valence-corrected chi connectivity index (χ0v) is 8.27. The highest BCUT2D eigenvalue weighted by Crippen LogP contribution is 2.17. The molecule has 1 N–H and O–H groups in total. The molecule has 2 heterocycles. The molecule has 1 aliphatic rings. The van der Waals surface area contributed by atoms with Crippen LogP contribution < -0.4 is 4.72 Å². The fraction of sp³-hybridized carbons (Fsp3) is 0.500. The van der Waals surface area contributed by atoms with E-state index in [-0.39, 0.29) is 6.04 Å². The van der Waals surface area contributed by atoms with Gasteiger partial charge in [0.25, 0.3) is 0 Å². The SMILES string of the molecule is CS(=O)(=O)NC1CC=Nn2cnnc21. The van der Waals surface area contributed by atoms with Gasteiger partial charge in [-0.15, -0.1) is 10.2 Å². The van der Waals surface area contributed by atoms with Crippen LogP contribution in [0.5, 0.6) is 0 Å². The second-order valence-corrected chi connectivity index (χ2v) is 4.79. The Bertz CT molecular complexity index is 462. The zero-order valence-electron chi connectivity index (χ0n) is 7.45. The molecule has 1 aliphatic heterocycles. The highest BCUT2D eigenvalue weighted by Gasteiger charge is 2.23. The summed E-state index contributed by atoms with van der Waals surface area (Å²) >= 11 is 0. The number of nitrogens with one attached hydrogen (secondary N) is 1. The summed E-state index contributed by atoms with van der Waals surface area (Å²) in [6.45, 7) is 0. The molecular formula is C6H9N5O2S. The van der Waals surface area contributed by atoms with E-state index in [1.54, 1.807) is 6.21 Å². The molecule has 8 heteroatoms. The number of hydrogen-bond donors (Lipinski definition) is 1. The van der Waals surface area contributed by atoms with Gasteiger partial charge >= 0.3 is 0 Å². The highest BCUT2D eigenvalue weighted by atomic mass is 32.2. The Balaban J connectivity index is 2.29. The smallest absolute Gasteiger partial charge is 0.209 e. The van der Waals surface area contributed by atoms with Crippen LogP contribution >= 0.6 is 0 Å². The molecule has 0 aliphatic carbocycles. The van der Waals surface area contributed by atoms with Crippen molar-refractivity contribution in [2.75, 3.05) is 6.26 Å². The van der Waals surface area contributed by atoms with Crippen molar-refractivity contribution in [3.8, 4) is 0 Å². The summed E-state index contributed by atoms with van der Waals surface area (Å²) in [5.74, 6) is 0.512. The molecule has 0 saturated carbocycles. The molecule has 0 amide bonds. The van der Waals surface area contributed by atoms with E-state index in [0.717, 1.165) is 6.26 Å². The summed E-state index contributed by atoms with van der Waals surface area (Å²) in [7, 11) is -3.24. The molecule has 1 aromatic rings. The molecule has 0 radical (unpaired) electrons. The first-order valence-electron chi connectivity index (χ1n) is 3.96. The minimum atomic E-state index is -3.24. The Morgan fingerprint density at radius 2 is 2.43 bits per heavy atom. The lowest BCUT2D eigenvalue weighted by Gasteiger charge is -2.16. The predicted molar refractivity (Wildman–Crippen MR) is 49.2 cm³/mol. The molecule has 0 spiro atoms. The molecule has 0 saturated heterocycles. The fourth-order valence-electron chi connectivity index (χ4n) is 1.26. The number of rotatable bonds is 2. The predicted octanol–water partition coefficient (Wildman–Crippen LogP) is -0.894. The van der Waals surface area contributed by atoms with Crippen LogP contribution in [-0.4, -0.2) is 35.8 Å². The van der Waals surface area contributed by atoms with E-state index in [4.69, 9.17) is 0 Å².